The molecule has 0 aromatic heterocycles. The minimum atomic E-state index is -0.841. The van der Waals surface area contributed by atoms with Gasteiger partial charge in [0.2, 0.25) is 0 Å². The number of nitrogens with one attached hydrogen (secondary N) is 1. The number of halogens is 2. The smallest absolute Gasteiger partial charge is 0.265 e. The van der Waals surface area contributed by atoms with Crippen molar-refractivity contribution in [2.24, 2.45) is 0 Å². The second kappa shape index (κ2) is 11.4. The summed E-state index contributed by atoms with van der Waals surface area (Å²) >= 11 is 12.0. The summed E-state index contributed by atoms with van der Waals surface area (Å²) in [5, 5.41) is 3.57. The van der Waals surface area contributed by atoms with Crippen LogP contribution in [0.2, 0.25) is 10.0 Å². The molecule has 3 aromatic rings. The van der Waals surface area contributed by atoms with Gasteiger partial charge in [0.25, 0.3) is 11.8 Å². The fourth-order valence-electron chi connectivity index (χ4n) is 3.51. The molecule has 0 fully saturated rings. The van der Waals surface area contributed by atoms with Crippen molar-refractivity contribution in [3.8, 4) is 23.0 Å². The van der Waals surface area contributed by atoms with Crippen LogP contribution in [0.5, 0.6) is 23.0 Å². The summed E-state index contributed by atoms with van der Waals surface area (Å²) in [6.45, 7) is 2.09. The number of ether oxygens (including phenoxy) is 4. The maximum atomic E-state index is 12.7. The Morgan fingerprint density at radius 1 is 1.08 bits per heavy atom. The lowest BCUT2D eigenvalue weighted by Gasteiger charge is -2.30. The van der Waals surface area contributed by atoms with Crippen molar-refractivity contribution in [1.29, 1.82) is 0 Å². The summed E-state index contributed by atoms with van der Waals surface area (Å²) < 4.78 is 22.2. The van der Waals surface area contributed by atoms with Crippen molar-refractivity contribution >= 4 is 46.4 Å². The highest BCUT2D eigenvalue weighted by molar-refractivity contribution is 6.35. The summed E-state index contributed by atoms with van der Waals surface area (Å²) in [4.78, 5) is 26.9. The van der Waals surface area contributed by atoms with Crippen molar-refractivity contribution in [3.63, 3.8) is 0 Å². The van der Waals surface area contributed by atoms with Gasteiger partial charge in [-0.15, -0.1) is 0 Å². The van der Waals surface area contributed by atoms with E-state index < -0.39 is 12.0 Å². The number of carbonyl (C=O) groups is 2. The molecule has 36 heavy (non-hydrogen) atoms. The van der Waals surface area contributed by atoms with Gasteiger partial charge in [-0.25, -0.2) is 0 Å². The SMILES string of the molecule is COc1ccc(OCCN2C(=O)COc3ccc(NC(=O)C(C)Oc4ccc(Cl)cc4Cl)cc32)cc1. The van der Waals surface area contributed by atoms with Crippen LogP contribution in [0.1, 0.15) is 6.92 Å². The Kier molecular flexibility index (Phi) is 8.07. The van der Waals surface area contributed by atoms with E-state index in [9.17, 15) is 9.59 Å². The average Bonchev–Trinajstić information content (AvgIpc) is 2.87. The highest BCUT2D eigenvalue weighted by Gasteiger charge is 2.26. The molecule has 188 valence electrons. The summed E-state index contributed by atoms with van der Waals surface area (Å²) in [7, 11) is 1.59. The highest BCUT2D eigenvalue weighted by Crippen LogP contribution is 2.35. The van der Waals surface area contributed by atoms with E-state index in [4.69, 9.17) is 42.1 Å². The lowest BCUT2D eigenvalue weighted by molar-refractivity contribution is -0.122. The first-order chi connectivity index (χ1) is 17.3. The Labute approximate surface area is 218 Å². The van der Waals surface area contributed by atoms with E-state index in [1.165, 1.54) is 6.07 Å². The molecule has 1 heterocycles. The maximum absolute atomic E-state index is 12.7. The minimum absolute atomic E-state index is 0.0754. The van der Waals surface area contributed by atoms with E-state index in [1.807, 2.05) is 0 Å². The highest BCUT2D eigenvalue weighted by atomic mass is 35.5. The van der Waals surface area contributed by atoms with Crippen LogP contribution in [0.4, 0.5) is 11.4 Å². The molecule has 0 spiro atoms. The van der Waals surface area contributed by atoms with Gasteiger partial charge in [-0.2, -0.15) is 0 Å². The molecule has 0 bridgehead atoms. The molecule has 2 amide bonds. The number of nitrogens with zero attached hydrogens (tertiary/aromatic N) is 1. The van der Waals surface area contributed by atoms with Gasteiger partial charge in [0, 0.05) is 10.7 Å². The number of hydrogen-bond donors (Lipinski definition) is 1. The fourth-order valence-corrected chi connectivity index (χ4v) is 3.96. The number of fused-ring (bicyclic) bond motifs is 1. The van der Waals surface area contributed by atoms with Crippen LogP contribution in [0.15, 0.2) is 60.7 Å². The monoisotopic (exact) mass is 530 g/mol. The summed E-state index contributed by atoms with van der Waals surface area (Å²) in [6, 6.07) is 17.0. The molecule has 1 N–H and O–H groups in total. The molecular weight excluding hydrogens is 507 g/mol. The molecule has 8 nitrogen and oxygen atoms in total. The number of benzene rings is 3. The van der Waals surface area contributed by atoms with Crippen LogP contribution in [0, 0.1) is 0 Å². The Balaban J connectivity index is 1.41. The second-order valence-electron chi connectivity index (χ2n) is 7.86. The lowest BCUT2D eigenvalue weighted by atomic mass is 10.2. The van der Waals surface area contributed by atoms with Crippen molar-refractivity contribution in [3.05, 3.63) is 70.7 Å². The number of anilines is 2. The van der Waals surface area contributed by atoms with Crippen molar-refractivity contribution < 1.29 is 28.5 Å². The predicted octanol–water partition coefficient (Wildman–Crippen LogP) is 5.21. The number of hydrogen-bond acceptors (Lipinski definition) is 6. The van der Waals surface area contributed by atoms with E-state index >= 15 is 0 Å². The standard InChI is InChI=1S/C26H24Cl2N2O6/c1-16(36-23-9-3-17(27)13-21(23)28)26(32)29-18-4-10-24-22(14-18)30(25(31)15-35-24)11-12-34-20-7-5-19(33-2)6-8-20/h3-10,13-14,16H,11-12,15H2,1-2H3,(H,29,32). The molecule has 0 radical (unpaired) electrons. The van der Waals surface area contributed by atoms with Crippen molar-refractivity contribution in [2.45, 2.75) is 13.0 Å². The first-order valence-corrected chi connectivity index (χ1v) is 11.9. The molecular formula is C26H24Cl2N2O6. The zero-order valence-corrected chi connectivity index (χ0v) is 21.1. The Morgan fingerprint density at radius 2 is 1.83 bits per heavy atom. The number of methoxy groups -OCH3 is 1. The van der Waals surface area contributed by atoms with Gasteiger partial charge in [-0.1, -0.05) is 23.2 Å². The largest absolute Gasteiger partial charge is 0.497 e. The number of rotatable bonds is 9. The van der Waals surface area contributed by atoms with Gasteiger partial charge in [-0.3, -0.25) is 9.59 Å². The zero-order valence-electron chi connectivity index (χ0n) is 19.6. The Bertz CT molecular complexity index is 1250. The molecule has 1 aliphatic heterocycles. The van der Waals surface area contributed by atoms with Crippen molar-refractivity contribution in [2.75, 3.05) is 37.1 Å². The third-order valence-corrected chi connectivity index (χ3v) is 5.91. The molecule has 1 atom stereocenters. The summed E-state index contributed by atoms with van der Waals surface area (Å²) in [5.41, 5.74) is 1.02. The predicted molar refractivity (Wildman–Crippen MR) is 138 cm³/mol. The molecule has 1 unspecified atom stereocenters. The average molecular weight is 531 g/mol. The maximum Gasteiger partial charge on any atom is 0.265 e. The van der Waals surface area contributed by atoms with Gasteiger partial charge in [-0.05, 0) is 67.6 Å². The van der Waals surface area contributed by atoms with Gasteiger partial charge >= 0.3 is 0 Å². The molecule has 1 aliphatic rings. The van der Waals surface area contributed by atoms with Crippen molar-refractivity contribution in [1.82, 2.24) is 0 Å². The van der Waals surface area contributed by atoms with Crippen LogP contribution in [0.3, 0.4) is 0 Å². The van der Waals surface area contributed by atoms with Gasteiger partial charge in [0.05, 0.1) is 24.4 Å². The molecule has 0 saturated heterocycles. The van der Waals surface area contributed by atoms with Gasteiger partial charge in [0.1, 0.15) is 29.6 Å². The Morgan fingerprint density at radius 3 is 2.56 bits per heavy atom. The lowest BCUT2D eigenvalue weighted by Crippen LogP contribution is -2.41. The van der Waals surface area contributed by atoms with Gasteiger partial charge < -0.3 is 29.2 Å². The molecule has 10 heteroatoms. The van der Waals surface area contributed by atoms with Gasteiger partial charge in [0.15, 0.2) is 12.7 Å². The zero-order chi connectivity index (χ0) is 25.7. The van der Waals surface area contributed by atoms with Crippen LogP contribution in [0.25, 0.3) is 0 Å². The fraction of sp³-hybridized carbons (Fsp3) is 0.231. The Hall–Kier alpha value is -3.62. The first-order valence-electron chi connectivity index (χ1n) is 11.1. The van der Waals surface area contributed by atoms with E-state index in [0.717, 1.165) is 5.75 Å². The normalized spacial score (nSPS) is 13.3. The molecule has 0 aliphatic carbocycles. The van der Waals surface area contributed by atoms with E-state index in [2.05, 4.69) is 5.32 Å². The molecule has 3 aromatic carbocycles. The summed E-state index contributed by atoms with van der Waals surface area (Å²) in [6.07, 6.45) is -0.841. The summed E-state index contributed by atoms with van der Waals surface area (Å²) in [5.74, 6) is 1.67. The first kappa shape index (κ1) is 25.5. The van der Waals surface area contributed by atoms with E-state index in [-0.39, 0.29) is 19.1 Å². The number of amides is 2. The minimum Gasteiger partial charge on any atom is -0.497 e. The van der Waals surface area contributed by atoms with Crippen LogP contribution in [-0.4, -0.2) is 44.8 Å². The molecule has 0 saturated carbocycles. The van der Waals surface area contributed by atoms with E-state index in [1.54, 1.807) is 73.5 Å². The quantitative estimate of drug-likeness (QED) is 0.408. The molecule has 4 rings (SSSR count). The van der Waals surface area contributed by atoms with Crippen LogP contribution < -0.4 is 29.2 Å². The third-order valence-electron chi connectivity index (χ3n) is 5.38. The van der Waals surface area contributed by atoms with E-state index in [0.29, 0.717) is 45.2 Å². The third kappa shape index (κ3) is 6.13. The van der Waals surface area contributed by atoms with Crippen LogP contribution >= 0.6 is 23.2 Å². The van der Waals surface area contributed by atoms with Crippen LogP contribution in [-0.2, 0) is 9.59 Å². The number of carbonyl (C=O) groups excluding carboxylic acids is 2. The topological polar surface area (TPSA) is 86.3 Å². The second-order valence-corrected chi connectivity index (χ2v) is 8.71.